The molecule has 46 heavy (non-hydrogen) atoms. The van der Waals surface area contributed by atoms with Crippen molar-refractivity contribution < 1.29 is 38.7 Å². The van der Waals surface area contributed by atoms with Gasteiger partial charge < -0.3 is 30.2 Å². The Labute approximate surface area is 280 Å². The molecular formula is C29H26ClN5O8S3. The molecule has 0 aliphatic carbocycles. The van der Waals surface area contributed by atoms with Gasteiger partial charge in [-0.2, -0.15) is 0 Å². The van der Waals surface area contributed by atoms with Gasteiger partial charge in [-0.25, -0.2) is 9.78 Å². The van der Waals surface area contributed by atoms with Crippen molar-refractivity contribution in [3.63, 3.8) is 0 Å². The van der Waals surface area contributed by atoms with E-state index in [4.69, 9.17) is 21.2 Å². The number of carboxylic acid groups (broad SMARTS) is 1. The standard InChI is InChI=1S/C29H26ClN5O8S3/c1-44-29(27(40)41)13-35-25(39)21(26(35)45-14-29)32-24(38)20(19-23(30)46-28(33-19)31-15-36)34-42-12-18(37)43-22(16-8-4-2-5-9-16)17-10-6-3-7-11-17/h2-11,15,21-22,26H,12-14H2,1H3,(H,32,38)(H,40,41)(H,31,33,36)/t21?,26-,29?/m1/s1. The summed E-state index contributed by atoms with van der Waals surface area (Å²) in [6.07, 6.45) is 1.32. The first kappa shape index (κ1) is 33.2. The van der Waals surface area contributed by atoms with E-state index in [0.29, 0.717) is 6.41 Å². The first-order valence-electron chi connectivity index (χ1n) is 13.5. The molecule has 3 atom stereocenters. The van der Waals surface area contributed by atoms with Gasteiger partial charge in [0.2, 0.25) is 18.9 Å². The number of rotatable bonds is 13. The molecule has 13 nitrogen and oxygen atoms in total. The van der Waals surface area contributed by atoms with Gasteiger partial charge in [0.15, 0.2) is 16.9 Å². The Morgan fingerprint density at radius 1 is 1.20 bits per heavy atom. The Morgan fingerprint density at radius 2 is 1.85 bits per heavy atom. The van der Waals surface area contributed by atoms with Crippen LogP contribution in [0.3, 0.4) is 0 Å². The Kier molecular flexibility index (Phi) is 10.5. The molecule has 2 saturated heterocycles. The van der Waals surface area contributed by atoms with Crippen LogP contribution in [0.5, 0.6) is 0 Å². The topological polar surface area (TPSA) is 177 Å². The lowest BCUT2D eigenvalue weighted by atomic mass is 10.0. The highest BCUT2D eigenvalue weighted by Gasteiger charge is 2.57. The number of aromatic nitrogens is 1. The number of halogens is 1. The molecule has 2 unspecified atom stereocenters. The molecule has 3 heterocycles. The van der Waals surface area contributed by atoms with Crippen LogP contribution in [0.25, 0.3) is 0 Å². The number of anilines is 1. The molecule has 3 N–H and O–H groups in total. The number of thioether (sulfide) groups is 2. The van der Waals surface area contributed by atoms with Gasteiger partial charge in [0.1, 0.15) is 26.2 Å². The molecule has 240 valence electrons. The molecule has 2 aromatic carbocycles. The molecule has 2 aliphatic heterocycles. The van der Waals surface area contributed by atoms with E-state index < -0.39 is 58.3 Å². The van der Waals surface area contributed by atoms with Gasteiger partial charge >= 0.3 is 11.9 Å². The number of aliphatic carboxylic acids is 1. The molecule has 17 heteroatoms. The summed E-state index contributed by atoms with van der Waals surface area (Å²) in [5.41, 5.74) is 0.855. The zero-order chi connectivity index (χ0) is 32.8. The van der Waals surface area contributed by atoms with Crippen molar-refractivity contribution in [2.75, 3.05) is 30.5 Å². The Bertz CT molecular complexity index is 1620. The summed E-state index contributed by atoms with van der Waals surface area (Å²) < 4.78 is 4.55. The molecule has 0 bridgehead atoms. The second kappa shape index (κ2) is 14.5. The van der Waals surface area contributed by atoms with E-state index in [1.807, 2.05) is 60.7 Å². The Morgan fingerprint density at radius 3 is 2.43 bits per heavy atom. The highest BCUT2D eigenvalue weighted by molar-refractivity contribution is 8.04. The number of nitrogens with zero attached hydrogens (tertiary/aromatic N) is 3. The number of carbonyl (C=O) groups excluding carboxylic acids is 4. The van der Waals surface area contributed by atoms with Crippen LogP contribution in [0.15, 0.2) is 65.8 Å². The van der Waals surface area contributed by atoms with Gasteiger partial charge in [0.05, 0.1) is 0 Å². The van der Waals surface area contributed by atoms with Gasteiger partial charge in [-0.05, 0) is 17.4 Å². The van der Waals surface area contributed by atoms with Gasteiger partial charge in [-0.15, -0.1) is 23.5 Å². The number of carbonyl (C=O) groups is 5. The minimum atomic E-state index is -1.16. The molecule has 0 radical (unpaired) electrons. The molecule has 3 aromatic rings. The van der Waals surface area contributed by atoms with Crippen molar-refractivity contribution in [2.24, 2.45) is 5.16 Å². The lowest BCUT2D eigenvalue weighted by Gasteiger charge is -2.53. The number of hydrogen-bond donors (Lipinski definition) is 3. The number of β-lactam (4-membered cyclic amide) rings is 1. The van der Waals surface area contributed by atoms with Crippen molar-refractivity contribution in [3.05, 3.63) is 81.8 Å². The fraction of sp³-hybridized carbons (Fsp3) is 0.276. The van der Waals surface area contributed by atoms with Gasteiger partial charge in [-0.1, -0.05) is 88.8 Å². The maximum absolute atomic E-state index is 13.5. The normalized spacial score (nSPS) is 20.7. The highest BCUT2D eigenvalue weighted by atomic mass is 35.5. The SMILES string of the molecule is CSC1(C(=O)O)CS[C@@H]2C(NC(=O)C(=NOCC(=O)OC(c3ccccc3)c3ccccc3)c3nc(NC=O)sc3Cl)C(=O)N2C1. The van der Waals surface area contributed by atoms with Gasteiger partial charge in [-0.3, -0.25) is 19.2 Å². The van der Waals surface area contributed by atoms with Crippen LogP contribution in [0, 0.1) is 0 Å². The molecule has 1 aromatic heterocycles. The highest BCUT2D eigenvalue weighted by Crippen LogP contribution is 2.43. The number of ether oxygens (including phenoxy) is 1. The number of hydrogen-bond acceptors (Lipinski definition) is 12. The minimum absolute atomic E-state index is 0.00979. The van der Waals surface area contributed by atoms with E-state index in [1.165, 1.54) is 16.7 Å². The average Bonchev–Trinajstić information content (AvgIpc) is 3.43. The lowest BCUT2D eigenvalue weighted by molar-refractivity contribution is -0.153. The summed E-state index contributed by atoms with van der Waals surface area (Å²) in [6, 6.07) is 17.2. The van der Waals surface area contributed by atoms with Crippen molar-refractivity contribution in [3.8, 4) is 0 Å². The summed E-state index contributed by atoms with van der Waals surface area (Å²) in [5.74, 6) is -2.93. The predicted molar refractivity (Wildman–Crippen MR) is 174 cm³/mol. The number of nitrogens with one attached hydrogen (secondary N) is 2. The summed E-state index contributed by atoms with van der Waals surface area (Å²) >= 11 is 9.57. The van der Waals surface area contributed by atoms with Crippen molar-refractivity contribution in [2.45, 2.75) is 22.3 Å². The van der Waals surface area contributed by atoms with Crippen LogP contribution in [-0.4, -0.2) is 92.2 Å². The number of amides is 3. The smallest absolute Gasteiger partial charge is 0.347 e. The van der Waals surface area contributed by atoms with Crippen LogP contribution in [-0.2, 0) is 33.5 Å². The Balaban J connectivity index is 1.31. The van der Waals surface area contributed by atoms with E-state index in [9.17, 15) is 29.1 Å². The molecule has 3 amide bonds. The first-order valence-corrected chi connectivity index (χ1v) is 17.0. The number of benzene rings is 2. The van der Waals surface area contributed by atoms with E-state index in [2.05, 4.69) is 20.8 Å². The maximum Gasteiger partial charge on any atom is 0.347 e. The molecule has 2 aliphatic rings. The number of thiazole rings is 1. The monoisotopic (exact) mass is 703 g/mol. The van der Waals surface area contributed by atoms with Crippen molar-refractivity contribution in [1.29, 1.82) is 0 Å². The Hall–Kier alpha value is -4.12. The summed E-state index contributed by atoms with van der Waals surface area (Å²) in [7, 11) is 0. The van der Waals surface area contributed by atoms with E-state index in [-0.39, 0.29) is 27.5 Å². The zero-order valence-corrected chi connectivity index (χ0v) is 27.2. The predicted octanol–water partition coefficient (Wildman–Crippen LogP) is 3.00. The lowest BCUT2D eigenvalue weighted by Crippen LogP contribution is -2.74. The third kappa shape index (κ3) is 6.99. The summed E-state index contributed by atoms with van der Waals surface area (Å²) in [6.45, 7) is -0.696. The summed E-state index contributed by atoms with van der Waals surface area (Å²) in [5, 5.41) is 18.1. The fourth-order valence-corrected chi connectivity index (χ4v) is 8.26. The van der Waals surface area contributed by atoms with Crippen LogP contribution in [0.2, 0.25) is 4.34 Å². The van der Waals surface area contributed by atoms with Gasteiger partial charge in [0.25, 0.3) is 5.91 Å². The fourth-order valence-electron chi connectivity index (χ4n) is 4.75. The van der Waals surface area contributed by atoms with Crippen LogP contribution in [0.4, 0.5) is 5.13 Å². The van der Waals surface area contributed by atoms with Crippen molar-refractivity contribution >= 4 is 87.5 Å². The minimum Gasteiger partial charge on any atom is -0.480 e. The summed E-state index contributed by atoms with van der Waals surface area (Å²) in [4.78, 5) is 73.0. The third-order valence-electron chi connectivity index (χ3n) is 7.12. The van der Waals surface area contributed by atoms with Crippen LogP contribution >= 0.6 is 46.5 Å². The van der Waals surface area contributed by atoms with Crippen molar-refractivity contribution in [1.82, 2.24) is 15.2 Å². The van der Waals surface area contributed by atoms with Crippen LogP contribution < -0.4 is 10.6 Å². The van der Waals surface area contributed by atoms with E-state index in [0.717, 1.165) is 34.2 Å². The third-order valence-corrected chi connectivity index (χ3v) is 11.2. The zero-order valence-electron chi connectivity index (χ0n) is 24.0. The number of fused-ring (bicyclic) bond motifs is 1. The van der Waals surface area contributed by atoms with E-state index in [1.54, 1.807) is 6.26 Å². The molecule has 0 spiro atoms. The average molecular weight is 704 g/mol. The van der Waals surface area contributed by atoms with E-state index >= 15 is 0 Å². The first-order chi connectivity index (χ1) is 22.2. The molecule has 0 saturated carbocycles. The second-order valence-corrected chi connectivity index (χ2v) is 13.8. The van der Waals surface area contributed by atoms with Gasteiger partial charge in [0, 0.05) is 12.3 Å². The number of esters is 1. The molecule has 5 rings (SSSR count). The number of oxime groups is 1. The molecule has 2 fully saturated rings. The second-order valence-electron chi connectivity index (χ2n) is 9.93. The van der Waals surface area contributed by atoms with Crippen LogP contribution in [0.1, 0.15) is 22.9 Å². The quantitative estimate of drug-likeness (QED) is 0.0784. The number of carboxylic acids is 1. The maximum atomic E-state index is 13.5. The largest absolute Gasteiger partial charge is 0.480 e. The molecular weight excluding hydrogens is 678 g/mol.